The lowest BCUT2D eigenvalue weighted by Crippen LogP contribution is -2.26. The minimum Gasteiger partial charge on any atom is -0.395 e. The molecule has 0 saturated heterocycles. The van der Waals surface area contributed by atoms with E-state index in [0.29, 0.717) is 6.54 Å². The van der Waals surface area contributed by atoms with E-state index in [4.69, 9.17) is 5.11 Å². The number of aliphatic hydroxyl groups excluding tert-OH is 1. The number of hydrogen-bond acceptors (Lipinski definition) is 3. The normalized spacial score (nSPS) is 14.8. The molecule has 0 aromatic heterocycles. The van der Waals surface area contributed by atoms with Gasteiger partial charge in [0.05, 0.1) is 6.61 Å². The molecule has 2 rings (SSSR count). The number of aryl methyl sites for hydroxylation is 1. The molecule has 1 aromatic rings. The summed E-state index contributed by atoms with van der Waals surface area (Å²) >= 11 is 0. The Hall–Kier alpha value is -1.06. The van der Waals surface area contributed by atoms with Gasteiger partial charge < -0.3 is 15.3 Å². The van der Waals surface area contributed by atoms with E-state index in [1.54, 1.807) is 0 Å². The number of hydrogen-bond donors (Lipinski definition) is 2. The molecule has 0 heterocycles. The molecular weight excluding hydrogens is 224 g/mol. The Bertz CT molecular complexity index is 388. The van der Waals surface area contributed by atoms with Crippen LogP contribution in [0.1, 0.15) is 30.9 Å². The third kappa shape index (κ3) is 3.47. The lowest BCUT2D eigenvalue weighted by atomic mass is 10.1. The van der Waals surface area contributed by atoms with Crippen molar-refractivity contribution in [1.82, 2.24) is 5.32 Å². The number of anilines is 1. The van der Waals surface area contributed by atoms with Gasteiger partial charge in [-0.15, -0.1) is 0 Å². The van der Waals surface area contributed by atoms with Gasteiger partial charge in [-0.25, -0.2) is 0 Å². The second-order valence-electron chi connectivity index (χ2n) is 5.07. The Morgan fingerprint density at radius 2 is 2.17 bits per heavy atom. The summed E-state index contributed by atoms with van der Waals surface area (Å²) in [6.07, 6.45) is 2.66. The Morgan fingerprint density at radius 1 is 1.39 bits per heavy atom. The molecule has 0 spiro atoms. The van der Waals surface area contributed by atoms with Gasteiger partial charge in [0.25, 0.3) is 0 Å². The first-order valence-corrected chi connectivity index (χ1v) is 6.93. The summed E-state index contributed by atoms with van der Waals surface area (Å²) in [6, 6.07) is 7.35. The maximum absolute atomic E-state index is 9.05. The SMILES string of the molecule is CCN(CCO)c1ccc(CNC2CC2)c(C)c1. The molecule has 0 unspecified atom stereocenters. The molecule has 18 heavy (non-hydrogen) atoms. The van der Waals surface area contributed by atoms with Crippen LogP contribution in [0.15, 0.2) is 18.2 Å². The molecule has 100 valence electrons. The van der Waals surface area contributed by atoms with Crippen molar-refractivity contribution in [1.29, 1.82) is 0 Å². The van der Waals surface area contributed by atoms with Crippen LogP contribution in [0.3, 0.4) is 0 Å². The van der Waals surface area contributed by atoms with Gasteiger partial charge in [-0.05, 0) is 49.9 Å². The van der Waals surface area contributed by atoms with Crippen LogP contribution in [0.2, 0.25) is 0 Å². The Morgan fingerprint density at radius 3 is 2.72 bits per heavy atom. The second-order valence-corrected chi connectivity index (χ2v) is 5.07. The number of aliphatic hydroxyl groups is 1. The van der Waals surface area contributed by atoms with Gasteiger partial charge in [0.2, 0.25) is 0 Å². The highest BCUT2D eigenvalue weighted by Crippen LogP contribution is 2.22. The molecule has 1 fully saturated rings. The first-order valence-electron chi connectivity index (χ1n) is 6.93. The van der Waals surface area contributed by atoms with Gasteiger partial charge in [0.15, 0.2) is 0 Å². The van der Waals surface area contributed by atoms with E-state index in [0.717, 1.165) is 19.1 Å². The van der Waals surface area contributed by atoms with Crippen molar-refractivity contribution in [2.45, 2.75) is 39.3 Å². The quantitative estimate of drug-likeness (QED) is 0.775. The molecule has 0 aliphatic heterocycles. The lowest BCUT2D eigenvalue weighted by molar-refractivity contribution is 0.302. The van der Waals surface area contributed by atoms with Gasteiger partial charge in [0.1, 0.15) is 0 Å². The standard InChI is InChI=1S/C15H24N2O/c1-3-17(8-9-18)15-7-4-13(12(2)10-15)11-16-14-5-6-14/h4,7,10,14,16,18H,3,5-6,8-9,11H2,1-2H3. The van der Waals surface area contributed by atoms with Crippen molar-refractivity contribution >= 4 is 5.69 Å². The van der Waals surface area contributed by atoms with Crippen LogP contribution < -0.4 is 10.2 Å². The molecule has 0 radical (unpaired) electrons. The summed E-state index contributed by atoms with van der Waals surface area (Å²) in [4.78, 5) is 2.20. The molecule has 0 bridgehead atoms. The van der Waals surface area contributed by atoms with E-state index in [1.807, 2.05) is 0 Å². The number of benzene rings is 1. The second kappa shape index (κ2) is 6.21. The van der Waals surface area contributed by atoms with Crippen LogP contribution in [0.4, 0.5) is 5.69 Å². The minimum atomic E-state index is 0.206. The summed E-state index contributed by atoms with van der Waals surface area (Å²) in [5.41, 5.74) is 3.92. The van der Waals surface area contributed by atoms with Gasteiger partial charge in [-0.2, -0.15) is 0 Å². The number of likely N-dealkylation sites (N-methyl/N-ethyl adjacent to an activating group) is 1. The highest BCUT2D eigenvalue weighted by atomic mass is 16.3. The van der Waals surface area contributed by atoms with Crippen molar-refractivity contribution < 1.29 is 5.11 Å². The first kappa shape index (κ1) is 13.4. The fourth-order valence-corrected chi connectivity index (χ4v) is 2.21. The van der Waals surface area contributed by atoms with Gasteiger partial charge in [-0.3, -0.25) is 0 Å². The fourth-order valence-electron chi connectivity index (χ4n) is 2.21. The zero-order valence-corrected chi connectivity index (χ0v) is 11.4. The van der Waals surface area contributed by atoms with Crippen molar-refractivity contribution in [3.8, 4) is 0 Å². The zero-order chi connectivity index (χ0) is 13.0. The molecule has 0 amide bonds. The molecule has 2 N–H and O–H groups in total. The van der Waals surface area contributed by atoms with Crippen LogP contribution in [0, 0.1) is 6.92 Å². The van der Waals surface area contributed by atoms with E-state index in [2.05, 4.69) is 42.3 Å². The molecule has 3 nitrogen and oxygen atoms in total. The van der Waals surface area contributed by atoms with Crippen molar-refractivity contribution in [3.05, 3.63) is 29.3 Å². The molecule has 1 aliphatic carbocycles. The largest absolute Gasteiger partial charge is 0.395 e. The van der Waals surface area contributed by atoms with Crippen molar-refractivity contribution in [2.24, 2.45) is 0 Å². The van der Waals surface area contributed by atoms with Crippen molar-refractivity contribution in [3.63, 3.8) is 0 Å². The van der Waals surface area contributed by atoms with Crippen LogP contribution in [0.5, 0.6) is 0 Å². The number of rotatable bonds is 7. The monoisotopic (exact) mass is 248 g/mol. The van der Waals surface area contributed by atoms with E-state index in [9.17, 15) is 0 Å². The first-order chi connectivity index (χ1) is 8.74. The lowest BCUT2D eigenvalue weighted by Gasteiger charge is -2.23. The maximum atomic E-state index is 9.05. The molecule has 1 saturated carbocycles. The van der Waals surface area contributed by atoms with E-state index >= 15 is 0 Å². The summed E-state index contributed by atoms with van der Waals surface area (Å²) < 4.78 is 0. The predicted octanol–water partition coefficient (Wildman–Crippen LogP) is 2.07. The third-order valence-electron chi connectivity index (χ3n) is 3.60. The number of nitrogens with zero attached hydrogens (tertiary/aromatic N) is 1. The summed E-state index contributed by atoms with van der Waals surface area (Å²) in [5.74, 6) is 0. The van der Waals surface area contributed by atoms with Crippen LogP contribution in [-0.4, -0.2) is 30.8 Å². The maximum Gasteiger partial charge on any atom is 0.0606 e. The van der Waals surface area contributed by atoms with E-state index in [1.165, 1.54) is 29.7 Å². The van der Waals surface area contributed by atoms with Crippen molar-refractivity contribution in [2.75, 3.05) is 24.6 Å². The van der Waals surface area contributed by atoms with Crippen LogP contribution in [0.25, 0.3) is 0 Å². The summed E-state index contributed by atoms with van der Waals surface area (Å²) in [5, 5.41) is 12.6. The third-order valence-corrected chi connectivity index (χ3v) is 3.60. The average molecular weight is 248 g/mol. The highest BCUT2D eigenvalue weighted by Gasteiger charge is 2.20. The van der Waals surface area contributed by atoms with E-state index in [-0.39, 0.29) is 6.61 Å². The molecule has 3 heteroatoms. The minimum absolute atomic E-state index is 0.206. The highest BCUT2D eigenvalue weighted by molar-refractivity contribution is 5.50. The molecular formula is C15H24N2O. The van der Waals surface area contributed by atoms with Gasteiger partial charge in [-0.1, -0.05) is 6.07 Å². The van der Waals surface area contributed by atoms with Crippen LogP contribution >= 0.6 is 0 Å². The molecule has 1 aromatic carbocycles. The molecule has 1 aliphatic rings. The summed E-state index contributed by atoms with van der Waals surface area (Å²) in [6.45, 7) is 7.10. The average Bonchev–Trinajstić information content (AvgIpc) is 3.18. The number of nitrogens with one attached hydrogen (secondary N) is 1. The smallest absolute Gasteiger partial charge is 0.0606 e. The Balaban J connectivity index is 2.02. The summed E-state index contributed by atoms with van der Waals surface area (Å²) in [7, 11) is 0. The zero-order valence-electron chi connectivity index (χ0n) is 11.4. The van der Waals surface area contributed by atoms with E-state index < -0.39 is 0 Å². The predicted molar refractivity (Wildman–Crippen MR) is 76.0 cm³/mol. The Labute approximate surface area is 110 Å². The van der Waals surface area contributed by atoms with Gasteiger partial charge >= 0.3 is 0 Å². The Kier molecular flexibility index (Phi) is 4.61. The fraction of sp³-hybridized carbons (Fsp3) is 0.600. The van der Waals surface area contributed by atoms with Gasteiger partial charge in [0, 0.05) is 31.4 Å². The topological polar surface area (TPSA) is 35.5 Å². The van der Waals surface area contributed by atoms with Crippen LogP contribution in [-0.2, 0) is 6.54 Å². The molecule has 0 atom stereocenters.